The third-order valence-electron chi connectivity index (χ3n) is 4.43. The van der Waals surface area contributed by atoms with E-state index in [0.717, 1.165) is 25.7 Å². The highest BCUT2D eigenvalue weighted by Crippen LogP contribution is 2.55. The van der Waals surface area contributed by atoms with E-state index in [4.69, 9.17) is 16.3 Å². The summed E-state index contributed by atoms with van der Waals surface area (Å²) in [5.41, 5.74) is -0.0380. The zero-order valence-electron chi connectivity index (χ0n) is 10.4. The van der Waals surface area contributed by atoms with Gasteiger partial charge in [-0.2, -0.15) is 13.2 Å². The van der Waals surface area contributed by atoms with E-state index in [1.165, 1.54) is 12.8 Å². The van der Waals surface area contributed by atoms with Crippen molar-refractivity contribution in [3.63, 3.8) is 0 Å². The number of ether oxygens (including phenoxy) is 1. The summed E-state index contributed by atoms with van der Waals surface area (Å²) in [5, 5.41) is 0.0893. The van der Waals surface area contributed by atoms with Crippen molar-refractivity contribution >= 4 is 11.6 Å². The minimum absolute atomic E-state index is 0.0380. The molecule has 0 radical (unpaired) electrons. The predicted octanol–water partition coefficient (Wildman–Crippen LogP) is 4.68. The van der Waals surface area contributed by atoms with Crippen molar-refractivity contribution in [3.8, 4) is 0 Å². The van der Waals surface area contributed by atoms with Gasteiger partial charge < -0.3 is 4.74 Å². The first-order valence-electron chi connectivity index (χ1n) is 6.76. The molecule has 106 valence electrons. The fourth-order valence-electron chi connectivity index (χ4n) is 3.27. The molecule has 1 nitrogen and oxygen atoms in total. The maximum atomic E-state index is 12.1. The van der Waals surface area contributed by atoms with Gasteiger partial charge in [-0.05, 0) is 19.3 Å². The maximum Gasteiger partial charge on any atom is 0.391 e. The van der Waals surface area contributed by atoms with Crippen LogP contribution in [0.25, 0.3) is 0 Å². The van der Waals surface area contributed by atoms with Gasteiger partial charge in [-0.3, -0.25) is 0 Å². The van der Waals surface area contributed by atoms with Crippen molar-refractivity contribution in [2.24, 2.45) is 5.41 Å². The first-order chi connectivity index (χ1) is 8.44. The molecular weight excluding hydrogens is 265 g/mol. The number of rotatable bonds is 3. The molecule has 0 aromatic heterocycles. The van der Waals surface area contributed by atoms with Crippen LogP contribution in [0.1, 0.15) is 51.4 Å². The third kappa shape index (κ3) is 3.13. The lowest BCUT2D eigenvalue weighted by atomic mass is 9.61. The van der Waals surface area contributed by atoms with Gasteiger partial charge in [0, 0.05) is 10.8 Å². The van der Waals surface area contributed by atoms with Crippen molar-refractivity contribution in [1.29, 1.82) is 0 Å². The average Bonchev–Trinajstić information content (AvgIpc) is 2.54. The van der Waals surface area contributed by atoms with Gasteiger partial charge in [-0.25, -0.2) is 0 Å². The van der Waals surface area contributed by atoms with Crippen LogP contribution in [0.4, 0.5) is 13.2 Å². The van der Waals surface area contributed by atoms with Gasteiger partial charge in [0.15, 0.2) is 0 Å². The quantitative estimate of drug-likeness (QED) is 0.684. The van der Waals surface area contributed by atoms with Gasteiger partial charge in [-0.1, -0.05) is 25.7 Å². The summed E-state index contributed by atoms with van der Waals surface area (Å²) in [6.45, 7) is -0.223. The molecule has 0 aliphatic heterocycles. The molecule has 2 rings (SSSR count). The molecule has 0 bridgehead atoms. The molecule has 0 aromatic rings. The van der Waals surface area contributed by atoms with E-state index in [9.17, 15) is 13.2 Å². The second-order valence-electron chi connectivity index (χ2n) is 5.58. The van der Waals surface area contributed by atoms with E-state index in [1.807, 2.05) is 0 Å². The molecule has 2 unspecified atom stereocenters. The van der Waals surface area contributed by atoms with Crippen LogP contribution < -0.4 is 0 Å². The van der Waals surface area contributed by atoms with Crippen molar-refractivity contribution < 1.29 is 17.9 Å². The zero-order valence-corrected chi connectivity index (χ0v) is 11.2. The SMILES string of the molecule is FC(F)(F)CCOC1CC(Cl)C12CCCCCC2. The summed E-state index contributed by atoms with van der Waals surface area (Å²) >= 11 is 6.32. The molecule has 2 aliphatic rings. The fourth-order valence-corrected chi connectivity index (χ4v) is 3.79. The van der Waals surface area contributed by atoms with Gasteiger partial charge in [0.05, 0.1) is 19.1 Å². The summed E-state index contributed by atoms with van der Waals surface area (Å²) in [6.07, 6.45) is 2.37. The smallest absolute Gasteiger partial charge is 0.377 e. The Labute approximate surface area is 111 Å². The second-order valence-corrected chi connectivity index (χ2v) is 6.10. The van der Waals surface area contributed by atoms with E-state index in [0.29, 0.717) is 6.42 Å². The minimum atomic E-state index is -4.12. The lowest BCUT2D eigenvalue weighted by molar-refractivity contribution is -0.170. The molecule has 2 aliphatic carbocycles. The number of halogens is 4. The predicted molar refractivity (Wildman–Crippen MR) is 64.8 cm³/mol. The van der Waals surface area contributed by atoms with E-state index in [-0.39, 0.29) is 23.5 Å². The molecule has 0 heterocycles. The summed E-state index contributed by atoms with van der Waals surface area (Å²) in [4.78, 5) is 0. The summed E-state index contributed by atoms with van der Waals surface area (Å²) in [6, 6.07) is 0. The van der Waals surface area contributed by atoms with Crippen LogP contribution in [0.3, 0.4) is 0 Å². The Kier molecular flexibility index (Phi) is 4.48. The molecule has 0 saturated heterocycles. The number of hydrogen-bond donors (Lipinski definition) is 0. The molecule has 0 N–H and O–H groups in total. The Morgan fingerprint density at radius 2 is 1.72 bits per heavy atom. The molecule has 1 spiro atoms. The van der Waals surface area contributed by atoms with Crippen molar-refractivity contribution in [2.75, 3.05) is 6.61 Å². The summed E-state index contributed by atoms with van der Waals surface area (Å²) in [7, 11) is 0. The van der Waals surface area contributed by atoms with Gasteiger partial charge in [0.1, 0.15) is 0 Å². The van der Waals surface area contributed by atoms with Gasteiger partial charge in [-0.15, -0.1) is 11.6 Å². The Balaban J connectivity index is 1.85. The molecule has 2 saturated carbocycles. The monoisotopic (exact) mass is 284 g/mol. The highest BCUT2D eigenvalue weighted by atomic mass is 35.5. The van der Waals surface area contributed by atoms with Crippen LogP contribution in [-0.2, 0) is 4.74 Å². The highest BCUT2D eigenvalue weighted by molar-refractivity contribution is 6.21. The van der Waals surface area contributed by atoms with E-state index >= 15 is 0 Å². The first kappa shape index (κ1) is 14.4. The molecule has 2 atom stereocenters. The van der Waals surface area contributed by atoms with E-state index < -0.39 is 12.6 Å². The first-order valence-corrected chi connectivity index (χ1v) is 7.20. The minimum Gasteiger partial charge on any atom is -0.377 e. The highest BCUT2D eigenvalue weighted by Gasteiger charge is 2.54. The van der Waals surface area contributed by atoms with E-state index in [1.54, 1.807) is 0 Å². The van der Waals surface area contributed by atoms with Crippen LogP contribution in [0, 0.1) is 5.41 Å². The van der Waals surface area contributed by atoms with Gasteiger partial charge in [0.25, 0.3) is 0 Å². The fraction of sp³-hybridized carbons (Fsp3) is 1.00. The second kappa shape index (κ2) is 5.58. The van der Waals surface area contributed by atoms with Gasteiger partial charge in [0.2, 0.25) is 0 Å². The number of hydrogen-bond acceptors (Lipinski definition) is 1. The van der Waals surface area contributed by atoms with Crippen LogP contribution in [0.15, 0.2) is 0 Å². The van der Waals surface area contributed by atoms with Crippen molar-refractivity contribution in [2.45, 2.75) is 69.0 Å². The normalized spacial score (nSPS) is 32.0. The third-order valence-corrected chi connectivity index (χ3v) is 5.04. The van der Waals surface area contributed by atoms with Crippen LogP contribution >= 0.6 is 11.6 Å². The molecule has 0 amide bonds. The summed E-state index contributed by atoms with van der Waals surface area (Å²) in [5.74, 6) is 0. The van der Waals surface area contributed by atoms with Crippen molar-refractivity contribution in [1.82, 2.24) is 0 Å². The van der Waals surface area contributed by atoms with Crippen LogP contribution in [0.5, 0.6) is 0 Å². The van der Waals surface area contributed by atoms with E-state index in [2.05, 4.69) is 0 Å². The van der Waals surface area contributed by atoms with Crippen molar-refractivity contribution in [3.05, 3.63) is 0 Å². The molecule has 0 aromatic carbocycles. The average molecular weight is 285 g/mol. The van der Waals surface area contributed by atoms with Gasteiger partial charge >= 0.3 is 6.18 Å². The van der Waals surface area contributed by atoms with Crippen LogP contribution in [-0.4, -0.2) is 24.3 Å². The zero-order chi connectivity index (χ0) is 13.2. The Morgan fingerprint density at radius 3 is 2.22 bits per heavy atom. The lowest BCUT2D eigenvalue weighted by Crippen LogP contribution is -2.55. The Bertz CT molecular complexity index is 272. The van der Waals surface area contributed by atoms with Crippen LogP contribution in [0.2, 0.25) is 0 Å². The lowest BCUT2D eigenvalue weighted by Gasteiger charge is -2.53. The Morgan fingerprint density at radius 1 is 1.11 bits per heavy atom. The molecule has 2 fully saturated rings. The molecule has 18 heavy (non-hydrogen) atoms. The number of alkyl halides is 4. The largest absolute Gasteiger partial charge is 0.391 e. The molecular formula is C13H20ClF3O. The molecule has 5 heteroatoms. The topological polar surface area (TPSA) is 9.23 Å². The Hall–Kier alpha value is 0.0400. The standard InChI is InChI=1S/C13H20ClF3O/c14-10-9-11(18-8-7-13(15,16)17)12(10)5-3-1-2-4-6-12/h10-11H,1-9H2. The summed E-state index contributed by atoms with van der Waals surface area (Å²) < 4.78 is 41.8. The maximum absolute atomic E-state index is 12.1.